The second-order valence-corrected chi connectivity index (χ2v) is 11.2. The molecule has 180 valence electrons. The van der Waals surface area contributed by atoms with E-state index in [2.05, 4.69) is 10.2 Å². The van der Waals surface area contributed by atoms with Crippen LogP contribution in [-0.4, -0.2) is 35.6 Å². The highest BCUT2D eigenvalue weighted by molar-refractivity contribution is 7.89. The molecule has 34 heavy (non-hydrogen) atoms. The van der Waals surface area contributed by atoms with Gasteiger partial charge in [-0.3, -0.25) is 0 Å². The van der Waals surface area contributed by atoms with Crippen LogP contribution < -0.4 is 10.7 Å². The lowest BCUT2D eigenvalue weighted by molar-refractivity contribution is 0.234. The number of H-pyrrole nitrogens is 1. The number of hydrogen-bond donors (Lipinski definition) is 1. The molecule has 0 saturated heterocycles. The van der Waals surface area contributed by atoms with Crippen LogP contribution in [0, 0.1) is 19.7 Å². The van der Waals surface area contributed by atoms with Gasteiger partial charge in [0.1, 0.15) is 16.8 Å². The average Bonchev–Trinajstić information content (AvgIpc) is 3.53. The van der Waals surface area contributed by atoms with E-state index < -0.39 is 33.6 Å². The van der Waals surface area contributed by atoms with Crippen LogP contribution in [0.5, 0.6) is 0 Å². The van der Waals surface area contributed by atoms with Crippen molar-refractivity contribution in [2.24, 2.45) is 0 Å². The fourth-order valence-electron chi connectivity index (χ4n) is 4.77. The van der Waals surface area contributed by atoms with Crippen LogP contribution in [0.25, 0.3) is 0 Å². The van der Waals surface area contributed by atoms with Gasteiger partial charge < -0.3 is 9.32 Å². The van der Waals surface area contributed by atoms with Crippen LogP contribution in [0.4, 0.5) is 10.1 Å². The van der Waals surface area contributed by atoms with Crippen LogP contribution in [0.15, 0.2) is 44.4 Å². The Morgan fingerprint density at radius 1 is 1.24 bits per heavy atom. The van der Waals surface area contributed by atoms with Gasteiger partial charge in [-0.25, -0.2) is 22.7 Å². The maximum atomic E-state index is 15.1. The van der Waals surface area contributed by atoms with Crippen LogP contribution in [0.2, 0.25) is 5.02 Å². The fraction of sp³-hybridized carbons (Fsp3) is 0.391. The molecule has 0 spiro atoms. The lowest BCUT2D eigenvalue weighted by Crippen LogP contribution is -2.50. The van der Waals surface area contributed by atoms with Crippen LogP contribution in [-0.2, 0) is 10.0 Å². The van der Waals surface area contributed by atoms with E-state index in [1.165, 1.54) is 22.5 Å². The molecule has 1 unspecified atom stereocenters. The molecule has 1 aromatic heterocycles. The van der Waals surface area contributed by atoms with Gasteiger partial charge >= 0.3 is 5.76 Å². The van der Waals surface area contributed by atoms with E-state index >= 15 is 4.39 Å². The fourth-order valence-corrected chi connectivity index (χ4v) is 6.72. The molecular weight excluding hydrogens is 483 g/mol. The standard InChI is InChI=1S/C23H24ClFN4O4S/c1-12-4-8-17(25)20(13(12)2)14(3)21(22-26-27-23(30)33-22)29-11-28(16-6-7-16)18-10-15(24)5-9-19(18)34(29,31)32/h4-5,8-10,14,16,21H,6-7,11H2,1-3H3,(H,27,30)/t14?,21-/m0/s1. The number of nitrogens with zero attached hydrogens (tertiary/aromatic N) is 3. The largest absolute Gasteiger partial charge is 0.434 e. The first-order chi connectivity index (χ1) is 16.1. The van der Waals surface area contributed by atoms with Gasteiger partial charge in [-0.2, -0.15) is 4.31 Å². The molecule has 8 nitrogen and oxygen atoms in total. The molecule has 2 aromatic carbocycles. The summed E-state index contributed by atoms with van der Waals surface area (Å²) >= 11 is 6.20. The number of aromatic nitrogens is 2. The summed E-state index contributed by atoms with van der Waals surface area (Å²) in [6.07, 6.45) is 1.84. The number of aromatic amines is 1. The number of rotatable bonds is 5. The van der Waals surface area contributed by atoms with E-state index in [9.17, 15) is 13.2 Å². The normalized spacial score (nSPS) is 19.6. The predicted molar refractivity (Wildman–Crippen MR) is 125 cm³/mol. The van der Waals surface area contributed by atoms with Crippen molar-refractivity contribution < 1.29 is 17.2 Å². The third-order valence-electron chi connectivity index (χ3n) is 6.78. The monoisotopic (exact) mass is 506 g/mol. The lowest BCUT2D eigenvalue weighted by Gasteiger charge is -2.42. The first-order valence-corrected chi connectivity index (χ1v) is 12.8. The number of sulfonamides is 1. The second-order valence-electron chi connectivity index (χ2n) is 8.93. The first-order valence-electron chi connectivity index (χ1n) is 11.0. The highest BCUT2D eigenvalue weighted by atomic mass is 35.5. The van der Waals surface area contributed by atoms with E-state index in [-0.39, 0.29) is 23.5 Å². The second kappa shape index (κ2) is 8.21. The molecule has 11 heteroatoms. The topological polar surface area (TPSA) is 99.5 Å². The molecule has 0 radical (unpaired) electrons. The van der Waals surface area contributed by atoms with Crippen molar-refractivity contribution in [3.8, 4) is 0 Å². The number of aryl methyl sites for hydroxylation is 1. The number of nitrogens with one attached hydrogen (secondary N) is 1. The molecule has 1 saturated carbocycles. The number of halogens is 2. The van der Waals surface area contributed by atoms with Crippen molar-refractivity contribution in [3.05, 3.63) is 74.3 Å². The van der Waals surface area contributed by atoms with Gasteiger partial charge in [-0.1, -0.05) is 24.6 Å². The molecule has 2 atom stereocenters. The van der Waals surface area contributed by atoms with Crippen molar-refractivity contribution in [1.82, 2.24) is 14.5 Å². The number of fused-ring (bicyclic) bond motifs is 1. The summed E-state index contributed by atoms with van der Waals surface area (Å²) in [4.78, 5) is 13.9. The molecule has 5 rings (SSSR count). The molecule has 1 aliphatic heterocycles. The summed E-state index contributed by atoms with van der Waals surface area (Å²) < 4.78 is 49.4. The van der Waals surface area contributed by atoms with Gasteiger partial charge in [0.05, 0.1) is 12.4 Å². The van der Waals surface area contributed by atoms with E-state index in [1.807, 2.05) is 11.8 Å². The summed E-state index contributed by atoms with van der Waals surface area (Å²) in [6, 6.07) is 6.81. The third kappa shape index (κ3) is 3.73. The SMILES string of the molecule is Cc1ccc(F)c(C(C)[C@@H](c2n[nH]c(=O)o2)N2CN(C3CC3)c3cc(Cl)ccc3S2(=O)=O)c1C. The van der Waals surface area contributed by atoms with Gasteiger partial charge in [-0.15, -0.1) is 5.10 Å². The zero-order chi connectivity index (χ0) is 24.4. The third-order valence-corrected chi connectivity index (χ3v) is 8.87. The molecular formula is C23H24ClFN4O4S. The van der Waals surface area contributed by atoms with E-state index in [4.69, 9.17) is 16.0 Å². The Morgan fingerprint density at radius 2 is 1.97 bits per heavy atom. The van der Waals surface area contributed by atoms with Gasteiger partial charge in [0.25, 0.3) is 0 Å². The van der Waals surface area contributed by atoms with E-state index in [1.54, 1.807) is 26.0 Å². The highest BCUT2D eigenvalue weighted by Crippen LogP contribution is 2.47. The molecule has 1 fully saturated rings. The first kappa shape index (κ1) is 23.1. The number of hydrogen-bond acceptors (Lipinski definition) is 6. The minimum atomic E-state index is -4.07. The van der Waals surface area contributed by atoms with Crippen molar-refractivity contribution in [3.63, 3.8) is 0 Å². The van der Waals surface area contributed by atoms with Crippen molar-refractivity contribution in [1.29, 1.82) is 0 Å². The summed E-state index contributed by atoms with van der Waals surface area (Å²) in [5.74, 6) is -2.10. The quantitative estimate of drug-likeness (QED) is 0.555. The molecule has 2 heterocycles. The Labute approximate surface area is 201 Å². The van der Waals surface area contributed by atoms with Crippen LogP contribution in [0.1, 0.15) is 54.3 Å². The van der Waals surface area contributed by atoms with Crippen LogP contribution in [0.3, 0.4) is 0 Å². The number of anilines is 1. The van der Waals surface area contributed by atoms with Gasteiger partial charge in [0.15, 0.2) is 0 Å². The molecule has 1 N–H and O–H groups in total. The Hall–Kier alpha value is -2.69. The minimum Gasteiger partial charge on any atom is -0.391 e. The summed E-state index contributed by atoms with van der Waals surface area (Å²) in [5, 5.41) is 6.62. The van der Waals surface area contributed by atoms with Gasteiger partial charge in [-0.05, 0) is 67.6 Å². The van der Waals surface area contributed by atoms with Crippen molar-refractivity contribution >= 4 is 27.3 Å². The smallest absolute Gasteiger partial charge is 0.391 e. The Bertz CT molecular complexity index is 1430. The zero-order valence-electron chi connectivity index (χ0n) is 18.9. The lowest BCUT2D eigenvalue weighted by atomic mass is 9.87. The van der Waals surface area contributed by atoms with Crippen molar-refractivity contribution in [2.45, 2.75) is 56.5 Å². The van der Waals surface area contributed by atoms with Gasteiger partial charge in [0.2, 0.25) is 15.9 Å². The summed E-state index contributed by atoms with van der Waals surface area (Å²) in [7, 11) is -4.07. The van der Waals surface area contributed by atoms with Crippen molar-refractivity contribution in [2.75, 3.05) is 11.6 Å². The van der Waals surface area contributed by atoms with E-state index in [0.29, 0.717) is 21.8 Å². The van der Waals surface area contributed by atoms with Gasteiger partial charge in [0, 0.05) is 17.0 Å². The average molecular weight is 507 g/mol. The summed E-state index contributed by atoms with van der Waals surface area (Å²) in [6.45, 7) is 5.37. The number of benzene rings is 2. The molecule has 0 amide bonds. The molecule has 3 aromatic rings. The Morgan fingerprint density at radius 3 is 2.62 bits per heavy atom. The van der Waals surface area contributed by atoms with E-state index in [0.717, 1.165) is 18.4 Å². The molecule has 2 aliphatic rings. The highest BCUT2D eigenvalue weighted by Gasteiger charge is 2.47. The maximum absolute atomic E-state index is 15.1. The maximum Gasteiger partial charge on any atom is 0.434 e. The Kier molecular flexibility index (Phi) is 5.57. The minimum absolute atomic E-state index is 0.00159. The molecule has 0 bridgehead atoms. The zero-order valence-corrected chi connectivity index (χ0v) is 20.5. The predicted octanol–water partition coefficient (Wildman–Crippen LogP) is 4.25. The summed E-state index contributed by atoms with van der Waals surface area (Å²) in [5.41, 5.74) is 2.47. The molecule has 1 aliphatic carbocycles. The Balaban J connectivity index is 1.70. The van der Waals surface area contributed by atoms with Crippen LogP contribution >= 0.6 is 11.6 Å².